The van der Waals surface area contributed by atoms with Crippen LogP contribution >= 0.6 is 0 Å². The lowest BCUT2D eigenvalue weighted by molar-refractivity contribution is 0.0795. The van der Waals surface area contributed by atoms with Gasteiger partial charge in [0.15, 0.2) is 5.82 Å². The molecule has 2 aromatic carbocycles. The zero-order valence-electron chi connectivity index (χ0n) is 15.7. The van der Waals surface area contributed by atoms with Crippen LogP contribution < -0.4 is 4.74 Å². The lowest BCUT2D eigenvalue weighted by Gasteiger charge is -2.16. The number of carbonyl (C=O) groups excluding carboxylic acids is 1. The van der Waals surface area contributed by atoms with E-state index in [0.29, 0.717) is 30.2 Å². The summed E-state index contributed by atoms with van der Waals surface area (Å²) in [5, 5.41) is 5.11. The number of benzene rings is 2. The van der Waals surface area contributed by atoms with Gasteiger partial charge in [0.1, 0.15) is 11.4 Å². The fraction of sp³-hybridized carbons (Fsp3) is 0.190. The second kappa shape index (κ2) is 7.56. The molecule has 7 nitrogen and oxygen atoms in total. The Balaban J connectivity index is 1.40. The number of para-hydroxylation sites is 1. The van der Waals surface area contributed by atoms with Crippen molar-refractivity contribution in [1.29, 1.82) is 0 Å². The lowest BCUT2D eigenvalue weighted by Crippen LogP contribution is -2.29. The van der Waals surface area contributed by atoms with E-state index in [1.165, 1.54) is 0 Å². The zero-order valence-corrected chi connectivity index (χ0v) is 15.7. The van der Waals surface area contributed by atoms with Gasteiger partial charge in [0, 0.05) is 36.5 Å². The number of nitrogens with one attached hydrogen (secondary N) is 1. The Kier molecular flexibility index (Phi) is 4.80. The number of likely N-dealkylation sites (N-methyl/N-ethyl adjacent to an activating group) is 1. The minimum atomic E-state index is -0.0676. The quantitative estimate of drug-likeness (QED) is 0.556. The Morgan fingerprint density at radius 1 is 1.18 bits per heavy atom. The molecule has 0 bridgehead atoms. The van der Waals surface area contributed by atoms with Crippen molar-refractivity contribution in [3.63, 3.8) is 0 Å². The predicted octanol–water partition coefficient (Wildman–Crippen LogP) is 3.54. The molecule has 1 N–H and O–H groups in total. The molecule has 4 aromatic rings. The molecule has 142 valence electrons. The number of amides is 1. The molecule has 28 heavy (non-hydrogen) atoms. The Morgan fingerprint density at radius 2 is 1.96 bits per heavy atom. The maximum Gasteiger partial charge on any atom is 0.274 e. The molecule has 4 rings (SSSR count). The number of fused-ring (bicyclic) bond motifs is 1. The molecular formula is C21H20N4O3. The number of H-pyrrole nitrogens is 1. The van der Waals surface area contributed by atoms with Crippen molar-refractivity contribution in [1.82, 2.24) is 20.0 Å². The second-order valence-corrected chi connectivity index (χ2v) is 6.49. The third kappa shape index (κ3) is 3.59. The minimum absolute atomic E-state index is 0.0676. The summed E-state index contributed by atoms with van der Waals surface area (Å²) < 4.78 is 10.5. The smallest absolute Gasteiger partial charge is 0.274 e. The van der Waals surface area contributed by atoms with Crippen molar-refractivity contribution in [3.8, 4) is 17.3 Å². The second-order valence-electron chi connectivity index (χ2n) is 6.49. The van der Waals surface area contributed by atoms with Crippen LogP contribution in [0.5, 0.6) is 5.75 Å². The van der Waals surface area contributed by atoms with Gasteiger partial charge in [0.2, 0.25) is 0 Å². The van der Waals surface area contributed by atoms with E-state index in [1.54, 1.807) is 43.3 Å². The van der Waals surface area contributed by atoms with Crippen LogP contribution in [0.2, 0.25) is 0 Å². The monoisotopic (exact) mass is 376 g/mol. The van der Waals surface area contributed by atoms with E-state index in [2.05, 4.69) is 15.1 Å². The number of aromatic nitrogens is 3. The highest BCUT2D eigenvalue weighted by Gasteiger charge is 2.15. The molecule has 0 unspecified atom stereocenters. The fourth-order valence-corrected chi connectivity index (χ4v) is 2.98. The number of ether oxygens (including phenoxy) is 1. The summed E-state index contributed by atoms with van der Waals surface area (Å²) in [4.78, 5) is 21.9. The lowest BCUT2D eigenvalue weighted by atomic mass is 10.2. The number of nitrogens with zero attached hydrogens (tertiary/aromatic N) is 3. The third-order valence-corrected chi connectivity index (χ3v) is 4.58. The van der Waals surface area contributed by atoms with Gasteiger partial charge in [0.05, 0.1) is 7.11 Å². The standard InChI is InChI=1S/C21H20N4O3/c1-25(21(26)14-7-9-16(27-2)10-8-14)12-11-19-23-20(28-24-19)18-13-15-5-3-4-6-17(15)22-18/h3-10,13,22H,11-12H2,1-2H3. The highest BCUT2D eigenvalue weighted by Crippen LogP contribution is 2.22. The van der Waals surface area contributed by atoms with Gasteiger partial charge < -0.3 is 19.1 Å². The van der Waals surface area contributed by atoms with Gasteiger partial charge in [-0.05, 0) is 36.4 Å². The Bertz CT molecular complexity index is 1070. The molecule has 2 aromatic heterocycles. The van der Waals surface area contributed by atoms with Crippen molar-refractivity contribution >= 4 is 16.8 Å². The molecule has 0 atom stereocenters. The maximum absolute atomic E-state index is 12.5. The molecule has 0 radical (unpaired) electrons. The normalized spacial score (nSPS) is 10.9. The molecule has 0 aliphatic carbocycles. The Labute approximate surface area is 161 Å². The van der Waals surface area contributed by atoms with Crippen LogP contribution in [-0.2, 0) is 6.42 Å². The van der Waals surface area contributed by atoms with Gasteiger partial charge in [-0.2, -0.15) is 4.98 Å². The first-order chi connectivity index (χ1) is 13.6. The van der Waals surface area contributed by atoms with Gasteiger partial charge in [-0.25, -0.2) is 0 Å². The summed E-state index contributed by atoms with van der Waals surface area (Å²) in [6.45, 7) is 0.483. The summed E-state index contributed by atoms with van der Waals surface area (Å²) in [7, 11) is 3.35. The first kappa shape index (κ1) is 17.8. The molecule has 0 saturated heterocycles. The third-order valence-electron chi connectivity index (χ3n) is 4.58. The van der Waals surface area contributed by atoms with Gasteiger partial charge in [0.25, 0.3) is 11.8 Å². The summed E-state index contributed by atoms with van der Waals surface area (Å²) in [6.07, 6.45) is 0.502. The largest absolute Gasteiger partial charge is 0.497 e. The maximum atomic E-state index is 12.5. The van der Waals surface area contributed by atoms with Crippen LogP contribution in [-0.4, -0.2) is 46.6 Å². The van der Waals surface area contributed by atoms with Crippen LogP contribution in [0.1, 0.15) is 16.2 Å². The van der Waals surface area contributed by atoms with Crippen molar-refractivity contribution in [2.45, 2.75) is 6.42 Å². The van der Waals surface area contributed by atoms with Crippen LogP contribution in [0, 0.1) is 0 Å². The molecule has 2 heterocycles. The molecule has 0 aliphatic heterocycles. The van der Waals surface area contributed by atoms with E-state index < -0.39 is 0 Å². The number of hydrogen-bond donors (Lipinski definition) is 1. The van der Waals surface area contributed by atoms with Gasteiger partial charge in [-0.15, -0.1) is 0 Å². The fourth-order valence-electron chi connectivity index (χ4n) is 2.98. The van der Waals surface area contributed by atoms with Gasteiger partial charge in [-0.3, -0.25) is 4.79 Å². The van der Waals surface area contributed by atoms with Crippen LogP contribution in [0.4, 0.5) is 0 Å². The first-order valence-corrected chi connectivity index (χ1v) is 8.94. The summed E-state index contributed by atoms with van der Waals surface area (Å²) in [5.74, 6) is 1.65. The zero-order chi connectivity index (χ0) is 19.5. The average molecular weight is 376 g/mol. The Hall–Kier alpha value is -3.61. The van der Waals surface area contributed by atoms with Crippen molar-refractivity contribution in [2.24, 2.45) is 0 Å². The average Bonchev–Trinajstić information content (AvgIpc) is 3.38. The predicted molar refractivity (Wildman–Crippen MR) is 105 cm³/mol. The number of carbonyl (C=O) groups is 1. The van der Waals surface area contributed by atoms with Gasteiger partial charge in [-0.1, -0.05) is 23.4 Å². The van der Waals surface area contributed by atoms with Crippen molar-refractivity contribution in [3.05, 3.63) is 66.0 Å². The molecule has 1 amide bonds. The molecule has 0 saturated carbocycles. The number of hydrogen-bond acceptors (Lipinski definition) is 5. The highest BCUT2D eigenvalue weighted by molar-refractivity contribution is 5.94. The van der Waals surface area contributed by atoms with E-state index in [0.717, 1.165) is 22.3 Å². The van der Waals surface area contributed by atoms with Crippen molar-refractivity contribution in [2.75, 3.05) is 20.7 Å². The topological polar surface area (TPSA) is 84.2 Å². The molecule has 7 heteroatoms. The van der Waals surface area contributed by atoms with Crippen LogP contribution in [0.15, 0.2) is 59.1 Å². The molecule has 0 aliphatic rings. The minimum Gasteiger partial charge on any atom is -0.497 e. The van der Waals surface area contributed by atoms with E-state index in [-0.39, 0.29) is 5.91 Å². The number of rotatable bonds is 6. The van der Waals surface area contributed by atoms with Gasteiger partial charge >= 0.3 is 0 Å². The summed E-state index contributed by atoms with van der Waals surface area (Å²) in [5.41, 5.74) is 2.40. The van der Waals surface area contributed by atoms with E-state index in [9.17, 15) is 4.79 Å². The molecule has 0 spiro atoms. The van der Waals surface area contributed by atoms with Crippen LogP contribution in [0.25, 0.3) is 22.5 Å². The van der Waals surface area contributed by atoms with E-state index in [4.69, 9.17) is 9.26 Å². The van der Waals surface area contributed by atoms with Crippen LogP contribution in [0.3, 0.4) is 0 Å². The SMILES string of the molecule is COc1ccc(C(=O)N(C)CCc2noc(-c3cc4ccccc4[nH]3)n2)cc1. The molecule has 0 fully saturated rings. The first-order valence-electron chi connectivity index (χ1n) is 8.94. The summed E-state index contributed by atoms with van der Waals surface area (Å²) in [6, 6.07) is 17.0. The number of aromatic amines is 1. The van der Waals surface area contributed by atoms with Crippen molar-refractivity contribution < 1.29 is 14.1 Å². The van der Waals surface area contributed by atoms with E-state index in [1.807, 2.05) is 30.3 Å². The summed E-state index contributed by atoms with van der Waals surface area (Å²) >= 11 is 0. The van der Waals surface area contributed by atoms with E-state index >= 15 is 0 Å². The number of methoxy groups -OCH3 is 1. The molecular weight excluding hydrogens is 356 g/mol. The highest BCUT2D eigenvalue weighted by atomic mass is 16.5. The Morgan fingerprint density at radius 3 is 2.71 bits per heavy atom.